The van der Waals surface area contributed by atoms with Crippen LogP contribution >= 0.6 is 11.6 Å². The highest BCUT2D eigenvalue weighted by atomic mass is 35.5. The van der Waals surface area contributed by atoms with Crippen molar-refractivity contribution < 1.29 is 19.2 Å². The number of Topliss-reactive ketones (excluding diaryl/α,β-unsaturated/α-hetero) is 2. The lowest BCUT2D eigenvalue weighted by Crippen LogP contribution is -2.66. The van der Waals surface area contributed by atoms with Crippen molar-refractivity contribution in [2.45, 2.75) is 37.9 Å². The van der Waals surface area contributed by atoms with Crippen molar-refractivity contribution in [1.82, 2.24) is 15.1 Å². The van der Waals surface area contributed by atoms with Gasteiger partial charge in [0.1, 0.15) is 6.04 Å². The number of fused-ring (bicyclic) bond motifs is 1. The van der Waals surface area contributed by atoms with Crippen LogP contribution in [-0.2, 0) is 31.1 Å². The quantitative estimate of drug-likeness (QED) is 0.541. The first-order valence-corrected chi connectivity index (χ1v) is 11.0. The first-order chi connectivity index (χ1) is 15.7. The third-order valence-electron chi connectivity index (χ3n) is 6.10. The van der Waals surface area contributed by atoms with Crippen LogP contribution in [0.2, 0.25) is 5.02 Å². The van der Waals surface area contributed by atoms with E-state index >= 15 is 0 Å². The van der Waals surface area contributed by atoms with Gasteiger partial charge in [-0.2, -0.15) is 0 Å². The minimum atomic E-state index is -1.23. The summed E-state index contributed by atoms with van der Waals surface area (Å²) in [7, 11) is 0. The molecule has 7 nitrogen and oxygen atoms in total. The summed E-state index contributed by atoms with van der Waals surface area (Å²) in [6, 6.07) is 14.0. The van der Waals surface area contributed by atoms with E-state index in [1.165, 1.54) is 9.80 Å². The van der Waals surface area contributed by atoms with E-state index in [4.69, 9.17) is 11.6 Å². The van der Waals surface area contributed by atoms with Crippen LogP contribution in [0.15, 0.2) is 67.0 Å². The molecule has 0 aliphatic carbocycles. The van der Waals surface area contributed by atoms with Crippen molar-refractivity contribution in [3.05, 3.63) is 83.1 Å². The number of halogens is 1. The number of hydrogen-bond acceptors (Lipinski definition) is 5. The van der Waals surface area contributed by atoms with Crippen LogP contribution in [0.3, 0.4) is 0 Å². The van der Waals surface area contributed by atoms with Crippen LogP contribution in [0.1, 0.15) is 25.0 Å². The number of nitrogens with zero attached hydrogens (tertiary/aromatic N) is 2. The molecule has 1 fully saturated rings. The number of rotatable bonds is 5. The molecular formula is C25H24ClN3O4. The number of ketones is 2. The fraction of sp³-hybridized carbons (Fsp3) is 0.280. The van der Waals surface area contributed by atoms with Gasteiger partial charge in [-0.15, -0.1) is 0 Å². The SMILES string of the molecule is CC(C)(C(=O)NC1CN2C=CN(Cc3cccc(Cl)c3)C(=O)C2C(=O)C1=O)c1ccccc1. The van der Waals surface area contributed by atoms with Gasteiger partial charge in [0, 0.05) is 24.0 Å². The van der Waals surface area contributed by atoms with Gasteiger partial charge in [0.2, 0.25) is 17.5 Å². The van der Waals surface area contributed by atoms with Crippen molar-refractivity contribution in [2.24, 2.45) is 0 Å². The van der Waals surface area contributed by atoms with Crippen molar-refractivity contribution in [3.8, 4) is 0 Å². The second kappa shape index (κ2) is 8.83. The molecule has 0 aromatic heterocycles. The zero-order valence-corrected chi connectivity index (χ0v) is 19.1. The molecule has 2 heterocycles. The van der Waals surface area contributed by atoms with Crippen LogP contribution in [-0.4, -0.2) is 51.8 Å². The van der Waals surface area contributed by atoms with Crippen molar-refractivity contribution in [3.63, 3.8) is 0 Å². The van der Waals surface area contributed by atoms with Crippen LogP contribution < -0.4 is 5.32 Å². The summed E-state index contributed by atoms with van der Waals surface area (Å²) in [6.07, 6.45) is 3.19. The Kier molecular flexibility index (Phi) is 6.08. The molecule has 4 rings (SSSR count). The van der Waals surface area contributed by atoms with E-state index in [0.29, 0.717) is 5.02 Å². The van der Waals surface area contributed by atoms with Crippen LogP contribution in [0, 0.1) is 0 Å². The number of benzene rings is 2. The maximum absolute atomic E-state index is 13.0. The fourth-order valence-corrected chi connectivity index (χ4v) is 4.27. The minimum Gasteiger partial charge on any atom is -0.355 e. The highest BCUT2D eigenvalue weighted by Crippen LogP contribution is 2.25. The Morgan fingerprint density at radius 2 is 1.76 bits per heavy atom. The molecule has 0 spiro atoms. The summed E-state index contributed by atoms with van der Waals surface area (Å²) < 4.78 is 0. The van der Waals surface area contributed by atoms with Crippen molar-refractivity contribution in [1.29, 1.82) is 0 Å². The van der Waals surface area contributed by atoms with Gasteiger partial charge in [0.05, 0.1) is 12.0 Å². The molecule has 2 aliphatic heterocycles. The van der Waals surface area contributed by atoms with E-state index in [2.05, 4.69) is 5.32 Å². The van der Waals surface area contributed by atoms with Gasteiger partial charge < -0.3 is 15.1 Å². The minimum absolute atomic E-state index is 0.0408. The predicted molar refractivity (Wildman–Crippen MR) is 123 cm³/mol. The number of nitrogens with one attached hydrogen (secondary N) is 1. The molecule has 0 bridgehead atoms. The number of piperidine rings is 1. The monoisotopic (exact) mass is 465 g/mol. The normalized spacial score (nSPS) is 20.6. The van der Waals surface area contributed by atoms with Gasteiger partial charge in [0.25, 0.3) is 5.91 Å². The predicted octanol–water partition coefficient (Wildman–Crippen LogP) is 2.44. The van der Waals surface area contributed by atoms with Gasteiger partial charge in [-0.05, 0) is 37.1 Å². The van der Waals surface area contributed by atoms with Crippen LogP contribution in [0.4, 0.5) is 0 Å². The van der Waals surface area contributed by atoms with E-state index in [1.54, 1.807) is 44.4 Å². The molecule has 170 valence electrons. The lowest BCUT2D eigenvalue weighted by atomic mass is 9.83. The number of amides is 2. The standard InChI is InChI=1S/C25H24ClN3O4/c1-25(2,17-8-4-3-5-9-17)24(33)27-19-15-28-11-12-29(14-16-7-6-10-18(26)13-16)23(32)20(28)22(31)21(19)30/h3-13,19-20H,14-15H2,1-2H3,(H,27,33). The van der Waals surface area contributed by atoms with E-state index in [9.17, 15) is 19.2 Å². The van der Waals surface area contributed by atoms with E-state index in [0.717, 1.165) is 11.1 Å². The lowest BCUT2D eigenvalue weighted by Gasteiger charge is -2.41. The number of carbonyl (C=O) groups excluding carboxylic acids is 4. The van der Waals surface area contributed by atoms with Crippen molar-refractivity contribution >= 4 is 35.0 Å². The largest absolute Gasteiger partial charge is 0.355 e. The zero-order valence-electron chi connectivity index (χ0n) is 18.3. The Hall–Kier alpha value is -3.45. The summed E-state index contributed by atoms with van der Waals surface area (Å²) in [5.74, 6) is -2.44. The van der Waals surface area contributed by atoms with Gasteiger partial charge in [-0.25, -0.2) is 0 Å². The first-order valence-electron chi connectivity index (χ1n) is 10.6. The lowest BCUT2D eigenvalue weighted by molar-refractivity contribution is -0.152. The maximum Gasteiger partial charge on any atom is 0.257 e. The maximum atomic E-state index is 13.0. The Balaban J connectivity index is 1.50. The molecule has 0 saturated carbocycles. The van der Waals surface area contributed by atoms with Gasteiger partial charge >= 0.3 is 0 Å². The fourth-order valence-electron chi connectivity index (χ4n) is 4.05. The van der Waals surface area contributed by atoms with Crippen LogP contribution in [0.25, 0.3) is 0 Å². The summed E-state index contributed by atoms with van der Waals surface area (Å²) >= 11 is 6.02. The molecule has 8 heteroatoms. The topological polar surface area (TPSA) is 86.8 Å². The number of hydrogen-bond donors (Lipinski definition) is 1. The molecule has 1 saturated heterocycles. The highest BCUT2D eigenvalue weighted by molar-refractivity contribution is 6.45. The molecule has 2 unspecified atom stereocenters. The van der Waals surface area contributed by atoms with E-state index in [1.807, 2.05) is 36.4 Å². The molecule has 2 atom stereocenters. The van der Waals surface area contributed by atoms with Crippen LogP contribution in [0.5, 0.6) is 0 Å². The molecule has 2 aliphatic rings. The first kappa shape index (κ1) is 22.7. The van der Waals surface area contributed by atoms with E-state index < -0.39 is 35.0 Å². The Bertz CT molecular complexity index is 1150. The smallest absolute Gasteiger partial charge is 0.257 e. The summed E-state index contributed by atoms with van der Waals surface area (Å²) in [5.41, 5.74) is 0.694. The second-order valence-corrected chi connectivity index (χ2v) is 9.18. The van der Waals surface area contributed by atoms with E-state index in [-0.39, 0.29) is 19.0 Å². The Morgan fingerprint density at radius 1 is 1.03 bits per heavy atom. The summed E-state index contributed by atoms with van der Waals surface area (Å²) in [5, 5.41) is 3.26. The molecule has 0 radical (unpaired) electrons. The Labute approximate surface area is 197 Å². The molecule has 1 N–H and O–H groups in total. The average Bonchev–Trinajstić information content (AvgIpc) is 2.79. The Morgan fingerprint density at radius 3 is 2.45 bits per heavy atom. The molecule has 33 heavy (non-hydrogen) atoms. The molecule has 2 amide bonds. The average molecular weight is 466 g/mol. The second-order valence-electron chi connectivity index (χ2n) is 8.74. The third kappa shape index (κ3) is 4.41. The van der Waals surface area contributed by atoms with Gasteiger partial charge in [0.15, 0.2) is 6.04 Å². The van der Waals surface area contributed by atoms with Gasteiger partial charge in [-0.3, -0.25) is 19.2 Å². The van der Waals surface area contributed by atoms with Gasteiger partial charge in [-0.1, -0.05) is 54.1 Å². The number of carbonyl (C=O) groups is 4. The third-order valence-corrected chi connectivity index (χ3v) is 6.33. The summed E-state index contributed by atoms with van der Waals surface area (Å²) in [4.78, 5) is 54.6. The summed E-state index contributed by atoms with van der Waals surface area (Å²) in [6.45, 7) is 3.79. The highest BCUT2D eigenvalue weighted by Gasteiger charge is 2.48. The molecular weight excluding hydrogens is 442 g/mol. The van der Waals surface area contributed by atoms with Crippen molar-refractivity contribution in [2.75, 3.05) is 6.54 Å². The zero-order chi connectivity index (χ0) is 23.8. The molecule has 2 aromatic carbocycles. The molecule has 2 aromatic rings.